The SMILES string of the molecule is O=CC1(Cl)Nc2cccc(O)c2S1. The van der Waals surface area contributed by atoms with Crippen molar-refractivity contribution in [2.45, 2.75) is 9.23 Å². The zero-order chi connectivity index (χ0) is 9.47. The van der Waals surface area contributed by atoms with Crippen LogP contribution >= 0.6 is 23.4 Å². The van der Waals surface area contributed by atoms with Crippen LogP contribution in [0.1, 0.15) is 0 Å². The number of phenolic OH excluding ortho intramolecular Hbond substituents is 1. The van der Waals surface area contributed by atoms with E-state index in [1.165, 1.54) is 0 Å². The Hall–Kier alpha value is -0.870. The number of hydrogen-bond donors (Lipinski definition) is 2. The maximum atomic E-state index is 10.6. The summed E-state index contributed by atoms with van der Waals surface area (Å²) in [6.07, 6.45) is 0.610. The van der Waals surface area contributed by atoms with E-state index in [2.05, 4.69) is 5.32 Å². The van der Waals surface area contributed by atoms with Crippen molar-refractivity contribution in [3.05, 3.63) is 18.2 Å². The summed E-state index contributed by atoms with van der Waals surface area (Å²) in [5, 5.41) is 12.2. The first-order valence-electron chi connectivity index (χ1n) is 3.59. The van der Waals surface area contributed by atoms with Crippen molar-refractivity contribution >= 4 is 35.3 Å². The quantitative estimate of drug-likeness (QED) is 0.428. The van der Waals surface area contributed by atoms with Gasteiger partial charge in [-0.25, -0.2) is 0 Å². The zero-order valence-corrected chi connectivity index (χ0v) is 8.02. The van der Waals surface area contributed by atoms with Gasteiger partial charge in [0, 0.05) is 0 Å². The Kier molecular flexibility index (Phi) is 1.89. The number of hydrogen-bond acceptors (Lipinski definition) is 4. The van der Waals surface area contributed by atoms with Crippen LogP contribution in [-0.4, -0.2) is 15.7 Å². The molecule has 0 saturated carbocycles. The minimum Gasteiger partial charge on any atom is -0.507 e. The number of aromatic hydroxyl groups is 1. The van der Waals surface area contributed by atoms with E-state index < -0.39 is 4.33 Å². The summed E-state index contributed by atoms with van der Waals surface area (Å²) in [5.41, 5.74) is 0.687. The van der Waals surface area contributed by atoms with Crippen molar-refractivity contribution in [3.8, 4) is 5.75 Å². The minimum atomic E-state index is -1.17. The highest BCUT2D eigenvalue weighted by Gasteiger charge is 2.36. The van der Waals surface area contributed by atoms with Crippen molar-refractivity contribution in [1.29, 1.82) is 0 Å². The zero-order valence-electron chi connectivity index (χ0n) is 6.45. The van der Waals surface area contributed by atoms with Crippen LogP contribution in [0.5, 0.6) is 5.75 Å². The number of carbonyl (C=O) groups is 1. The van der Waals surface area contributed by atoms with E-state index in [1.807, 2.05) is 0 Å². The topological polar surface area (TPSA) is 49.3 Å². The smallest absolute Gasteiger partial charge is 0.220 e. The predicted octanol–water partition coefficient (Wildman–Crippen LogP) is 2.00. The number of nitrogens with one attached hydrogen (secondary N) is 1. The number of phenols is 1. The van der Waals surface area contributed by atoms with Crippen molar-refractivity contribution in [3.63, 3.8) is 0 Å². The number of carbonyl (C=O) groups excluding carboxylic acids is 1. The lowest BCUT2D eigenvalue weighted by atomic mass is 10.3. The van der Waals surface area contributed by atoms with E-state index >= 15 is 0 Å². The first-order chi connectivity index (χ1) is 6.14. The molecule has 1 heterocycles. The molecular formula is C8H6ClNO2S. The molecular weight excluding hydrogens is 210 g/mol. The maximum Gasteiger partial charge on any atom is 0.220 e. The molecule has 0 amide bonds. The molecule has 1 unspecified atom stereocenters. The lowest BCUT2D eigenvalue weighted by Gasteiger charge is -2.11. The van der Waals surface area contributed by atoms with Crippen LogP contribution < -0.4 is 5.32 Å². The molecule has 1 atom stereocenters. The molecule has 1 aliphatic rings. The molecule has 0 spiro atoms. The molecule has 5 heteroatoms. The van der Waals surface area contributed by atoms with E-state index in [0.29, 0.717) is 16.9 Å². The van der Waals surface area contributed by atoms with Gasteiger partial charge in [-0.05, 0) is 12.1 Å². The molecule has 1 aromatic carbocycles. The summed E-state index contributed by atoms with van der Waals surface area (Å²) in [4.78, 5) is 11.2. The summed E-state index contributed by atoms with van der Waals surface area (Å²) in [6.45, 7) is 0. The van der Waals surface area contributed by atoms with Crippen molar-refractivity contribution in [2.24, 2.45) is 0 Å². The maximum absolute atomic E-state index is 10.6. The molecule has 13 heavy (non-hydrogen) atoms. The van der Waals surface area contributed by atoms with Gasteiger partial charge in [0.25, 0.3) is 0 Å². The van der Waals surface area contributed by atoms with Gasteiger partial charge in [0.2, 0.25) is 4.33 Å². The normalized spacial score (nSPS) is 25.0. The van der Waals surface area contributed by atoms with Crippen molar-refractivity contribution in [2.75, 3.05) is 5.32 Å². The predicted molar refractivity (Wildman–Crippen MR) is 52.2 cm³/mol. The monoisotopic (exact) mass is 215 g/mol. The number of benzene rings is 1. The highest BCUT2D eigenvalue weighted by molar-refractivity contribution is 8.03. The van der Waals surface area contributed by atoms with Crippen LogP contribution in [0.15, 0.2) is 23.1 Å². The van der Waals surface area contributed by atoms with Crippen LogP contribution in [-0.2, 0) is 4.79 Å². The van der Waals surface area contributed by atoms with E-state index in [0.717, 1.165) is 11.8 Å². The Bertz CT molecular complexity index is 371. The first-order valence-corrected chi connectivity index (χ1v) is 4.78. The van der Waals surface area contributed by atoms with Gasteiger partial charge in [-0.3, -0.25) is 4.79 Å². The number of anilines is 1. The number of fused-ring (bicyclic) bond motifs is 1. The third-order valence-corrected chi connectivity index (χ3v) is 3.25. The van der Waals surface area contributed by atoms with E-state index in [4.69, 9.17) is 11.6 Å². The molecule has 3 nitrogen and oxygen atoms in total. The Morgan fingerprint density at radius 2 is 2.38 bits per heavy atom. The highest BCUT2D eigenvalue weighted by Crippen LogP contribution is 2.50. The largest absolute Gasteiger partial charge is 0.507 e. The van der Waals surface area contributed by atoms with E-state index in [9.17, 15) is 9.90 Å². The molecule has 2 rings (SSSR count). The Labute approximate surface area is 84.1 Å². The number of rotatable bonds is 1. The van der Waals surface area contributed by atoms with Crippen LogP contribution in [0.25, 0.3) is 0 Å². The van der Waals surface area contributed by atoms with Crippen LogP contribution in [0.2, 0.25) is 0 Å². The van der Waals surface area contributed by atoms with Crippen LogP contribution in [0, 0.1) is 0 Å². The lowest BCUT2D eigenvalue weighted by molar-refractivity contribution is -0.107. The number of aldehydes is 1. The fourth-order valence-corrected chi connectivity index (χ4v) is 2.38. The Balaban J connectivity index is 2.46. The number of halogens is 1. The van der Waals surface area contributed by atoms with Crippen LogP contribution in [0.3, 0.4) is 0 Å². The molecule has 0 aromatic heterocycles. The molecule has 0 radical (unpaired) electrons. The van der Waals surface area contributed by atoms with Gasteiger partial charge < -0.3 is 10.4 Å². The fraction of sp³-hybridized carbons (Fsp3) is 0.125. The van der Waals surface area contributed by atoms with Gasteiger partial charge in [0.05, 0.1) is 10.6 Å². The Morgan fingerprint density at radius 1 is 1.62 bits per heavy atom. The highest BCUT2D eigenvalue weighted by atomic mass is 35.5. The van der Waals surface area contributed by atoms with E-state index in [1.54, 1.807) is 18.2 Å². The molecule has 1 aromatic rings. The molecule has 0 bridgehead atoms. The minimum absolute atomic E-state index is 0.138. The van der Waals surface area contributed by atoms with Gasteiger partial charge >= 0.3 is 0 Å². The molecule has 0 saturated heterocycles. The van der Waals surface area contributed by atoms with E-state index in [-0.39, 0.29) is 5.75 Å². The average Bonchev–Trinajstić information content (AvgIpc) is 2.45. The Morgan fingerprint density at radius 3 is 3.00 bits per heavy atom. The lowest BCUT2D eigenvalue weighted by Crippen LogP contribution is -2.24. The second-order valence-corrected chi connectivity index (χ2v) is 4.72. The molecule has 1 aliphatic heterocycles. The first kappa shape index (κ1) is 8.72. The van der Waals surface area contributed by atoms with Gasteiger partial charge in [-0.2, -0.15) is 0 Å². The standard InChI is InChI=1S/C8H6ClNO2S/c9-8(4-11)10-5-2-1-3-6(12)7(5)13-8/h1-4,10,12H. The second kappa shape index (κ2) is 2.82. The number of alkyl halides is 1. The second-order valence-electron chi connectivity index (χ2n) is 2.64. The fourth-order valence-electron chi connectivity index (χ4n) is 1.14. The van der Waals surface area contributed by atoms with Gasteiger partial charge in [-0.1, -0.05) is 29.4 Å². The average molecular weight is 216 g/mol. The summed E-state index contributed by atoms with van der Waals surface area (Å²) >= 11 is 6.97. The molecule has 0 aliphatic carbocycles. The van der Waals surface area contributed by atoms with Crippen molar-refractivity contribution in [1.82, 2.24) is 0 Å². The van der Waals surface area contributed by atoms with Gasteiger partial charge in [0.15, 0.2) is 6.29 Å². The number of thioether (sulfide) groups is 1. The van der Waals surface area contributed by atoms with Crippen LogP contribution in [0.4, 0.5) is 5.69 Å². The molecule has 0 fully saturated rings. The molecule has 2 N–H and O–H groups in total. The summed E-state index contributed by atoms with van der Waals surface area (Å²) in [6, 6.07) is 5.01. The van der Waals surface area contributed by atoms with Gasteiger partial charge in [0.1, 0.15) is 5.75 Å². The summed E-state index contributed by atoms with van der Waals surface area (Å²) in [5.74, 6) is 0.138. The molecule has 68 valence electrons. The van der Waals surface area contributed by atoms with Crippen molar-refractivity contribution < 1.29 is 9.90 Å². The third kappa shape index (κ3) is 1.36. The third-order valence-electron chi connectivity index (χ3n) is 1.70. The van der Waals surface area contributed by atoms with Gasteiger partial charge in [-0.15, -0.1) is 0 Å². The summed E-state index contributed by atoms with van der Waals surface area (Å²) < 4.78 is -1.17. The summed E-state index contributed by atoms with van der Waals surface area (Å²) in [7, 11) is 0.